The number of ether oxygens (including phenoxy) is 2. The molecule has 0 atom stereocenters. The first-order valence-corrected chi connectivity index (χ1v) is 5.66. The van der Waals surface area contributed by atoms with E-state index in [9.17, 15) is 4.39 Å². The van der Waals surface area contributed by atoms with Gasteiger partial charge in [0.15, 0.2) is 6.29 Å². The zero-order chi connectivity index (χ0) is 11.3. The fourth-order valence-corrected chi connectivity index (χ4v) is 1.66. The van der Waals surface area contributed by atoms with Crippen molar-refractivity contribution in [3.8, 4) is 0 Å². The summed E-state index contributed by atoms with van der Waals surface area (Å²) >= 11 is 3.34. The van der Waals surface area contributed by atoms with Gasteiger partial charge in [0.25, 0.3) is 0 Å². The average Bonchev–Trinajstić information content (AvgIpc) is 2.21. The summed E-state index contributed by atoms with van der Waals surface area (Å²) in [6, 6.07) is 4.46. The lowest BCUT2D eigenvalue weighted by molar-refractivity contribution is -0.140. The zero-order valence-electron chi connectivity index (χ0n) is 8.80. The van der Waals surface area contributed by atoms with Crippen molar-refractivity contribution in [3.05, 3.63) is 34.1 Å². The Morgan fingerprint density at radius 1 is 1.27 bits per heavy atom. The largest absolute Gasteiger partial charge is 0.349 e. The van der Waals surface area contributed by atoms with Crippen molar-refractivity contribution < 1.29 is 13.9 Å². The fraction of sp³-hybridized carbons (Fsp3) is 0.455. The molecule has 15 heavy (non-hydrogen) atoms. The minimum Gasteiger partial charge on any atom is -0.349 e. The van der Waals surface area contributed by atoms with Crippen LogP contribution in [-0.2, 0) is 9.47 Å². The molecule has 0 radical (unpaired) electrons. The Labute approximate surface area is 97.5 Å². The van der Waals surface area contributed by atoms with Gasteiger partial charge in [-0.05, 0) is 32.0 Å². The van der Waals surface area contributed by atoms with Gasteiger partial charge in [0.1, 0.15) is 5.82 Å². The third-order valence-electron chi connectivity index (χ3n) is 1.85. The van der Waals surface area contributed by atoms with Gasteiger partial charge in [0.2, 0.25) is 0 Å². The van der Waals surface area contributed by atoms with Gasteiger partial charge in [-0.3, -0.25) is 0 Å². The summed E-state index contributed by atoms with van der Waals surface area (Å²) in [5.74, 6) is -0.294. The van der Waals surface area contributed by atoms with E-state index in [1.165, 1.54) is 12.1 Å². The molecule has 0 aliphatic carbocycles. The number of hydrogen-bond donors (Lipinski definition) is 0. The van der Waals surface area contributed by atoms with Gasteiger partial charge in [-0.25, -0.2) is 4.39 Å². The van der Waals surface area contributed by atoms with E-state index in [-0.39, 0.29) is 5.82 Å². The first kappa shape index (κ1) is 12.6. The highest BCUT2D eigenvalue weighted by molar-refractivity contribution is 9.10. The summed E-state index contributed by atoms with van der Waals surface area (Å²) < 4.78 is 24.6. The van der Waals surface area contributed by atoms with Crippen molar-refractivity contribution in [3.63, 3.8) is 0 Å². The highest BCUT2D eigenvalue weighted by Crippen LogP contribution is 2.27. The van der Waals surface area contributed by atoms with Crippen LogP contribution in [0.3, 0.4) is 0 Å². The molecule has 0 aliphatic rings. The quantitative estimate of drug-likeness (QED) is 0.765. The van der Waals surface area contributed by atoms with E-state index in [4.69, 9.17) is 9.47 Å². The van der Waals surface area contributed by atoms with E-state index in [0.29, 0.717) is 18.8 Å². The van der Waals surface area contributed by atoms with Gasteiger partial charge in [-0.15, -0.1) is 0 Å². The topological polar surface area (TPSA) is 18.5 Å². The molecule has 0 unspecified atom stereocenters. The lowest BCUT2D eigenvalue weighted by Crippen LogP contribution is -2.09. The van der Waals surface area contributed by atoms with E-state index in [1.54, 1.807) is 6.07 Å². The van der Waals surface area contributed by atoms with Gasteiger partial charge in [0, 0.05) is 23.2 Å². The molecule has 0 aromatic heterocycles. The van der Waals surface area contributed by atoms with E-state index >= 15 is 0 Å². The molecule has 0 saturated heterocycles. The van der Waals surface area contributed by atoms with E-state index in [1.807, 2.05) is 13.8 Å². The Hall–Kier alpha value is -0.450. The first-order chi connectivity index (χ1) is 7.19. The molecule has 0 fully saturated rings. The average molecular weight is 277 g/mol. The predicted molar refractivity (Wildman–Crippen MR) is 60.1 cm³/mol. The molecule has 0 heterocycles. The molecular formula is C11H14BrFO2. The Bertz CT molecular complexity index is 311. The second-order valence-corrected chi connectivity index (χ2v) is 3.76. The number of rotatable bonds is 5. The second-order valence-electron chi connectivity index (χ2n) is 2.91. The standard InChI is InChI=1S/C11H14BrFO2/c1-3-14-11(15-4-2)9-7-8(13)5-6-10(9)12/h5-7,11H,3-4H2,1-2H3. The number of benzene rings is 1. The van der Waals surface area contributed by atoms with Gasteiger partial charge in [-0.1, -0.05) is 15.9 Å². The zero-order valence-corrected chi connectivity index (χ0v) is 10.4. The molecule has 0 N–H and O–H groups in total. The third kappa shape index (κ3) is 3.55. The van der Waals surface area contributed by atoms with Gasteiger partial charge >= 0.3 is 0 Å². The summed E-state index contributed by atoms with van der Waals surface area (Å²) in [5.41, 5.74) is 0.679. The predicted octanol–water partition coefficient (Wildman–Crippen LogP) is 3.66. The smallest absolute Gasteiger partial charge is 0.184 e. The van der Waals surface area contributed by atoms with E-state index < -0.39 is 6.29 Å². The summed E-state index contributed by atoms with van der Waals surface area (Å²) in [6.07, 6.45) is -0.509. The Kier molecular flexibility index (Phi) is 5.22. The molecule has 1 rings (SSSR count). The minimum atomic E-state index is -0.509. The molecule has 1 aromatic carbocycles. The van der Waals surface area contributed by atoms with Crippen molar-refractivity contribution in [2.45, 2.75) is 20.1 Å². The Balaban J connectivity index is 2.93. The van der Waals surface area contributed by atoms with Crippen LogP contribution < -0.4 is 0 Å². The van der Waals surface area contributed by atoms with Crippen LogP contribution in [0.2, 0.25) is 0 Å². The van der Waals surface area contributed by atoms with Gasteiger partial charge < -0.3 is 9.47 Å². The molecule has 0 aliphatic heterocycles. The number of hydrogen-bond acceptors (Lipinski definition) is 2. The maximum Gasteiger partial charge on any atom is 0.184 e. The summed E-state index contributed by atoms with van der Waals surface area (Å²) in [6.45, 7) is 4.79. The minimum absolute atomic E-state index is 0.294. The summed E-state index contributed by atoms with van der Waals surface area (Å²) in [5, 5.41) is 0. The monoisotopic (exact) mass is 276 g/mol. The molecule has 84 valence electrons. The van der Waals surface area contributed by atoms with E-state index in [0.717, 1.165) is 4.47 Å². The van der Waals surface area contributed by atoms with Gasteiger partial charge in [0.05, 0.1) is 0 Å². The van der Waals surface area contributed by atoms with Crippen LogP contribution in [0.25, 0.3) is 0 Å². The molecule has 0 saturated carbocycles. The van der Waals surface area contributed by atoms with Crippen molar-refractivity contribution >= 4 is 15.9 Å². The van der Waals surface area contributed by atoms with Crippen LogP contribution in [-0.4, -0.2) is 13.2 Å². The molecule has 4 heteroatoms. The Morgan fingerprint density at radius 3 is 2.40 bits per heavy atom. The molecule has 0 bridgehead atoms. The van der Waals surface area contributed by atoms with Crippen molar-refractivity contribution in [2.24, 2.45) is 0 Å². The molecular weight excluding hydrogens is 263 g/mol. The maximum absolute atomic E-state index is 13.1. The SMILES string of the molecule is CCOC(OCC)c1cc(F)ccc1Br. The van der Waals surface area contributed by atoms with Crippen LogP contribution in [0, 0.1) is 5.82 Å². The van der Waals surface area contributed by atoms with Gasteiger partial charge in [-0.2, -0.15) is 0 Å². The highest BCUT2D eigenvalue weighted by atomic mass is 79.9. The van der Waals surface area contributed by atoms with E-state index in [2.05, 4.69) is 15.9 Å². The van der Waals surface area contributed by atoms with Crippen LogP contribution in [0.15, 0.2) is 22.7 Å². The van der Waals surface area contributed by atoms with Crippen molar-refractivity contribution in [1.82, 2.24) is 0 Å². The highest BCUT2D eigenvalue weighted by Gasteiger charge is 2.15. The summed E-state index contributed by atoms with van der Waals surface area (Å²) in [7, 11) is 0. The van der Waals surface area contributed by atoms with Crippen LogP contribution in [0.4, 0.5) is 4.39 Å². The molecule has 0 spiro atoms. The summed E-state index contributed by atoms with van der Waals surface area (Å²) in [4.78, 5) is 0. The molecule has 2 nitrogen and oxygen atoms in total. The number of halogens is 2. The fourth-order valence-electron chi connectivity index (χ4n) is 1.23. The second kappa shape index (κ2) is 6.20. The normalized spacial score (nSPS) is 11.0. The molecule has 0 amide bonds. The maximum atomic E-state index is 13.1. The lowest BCUT2D eigenvalue weighted by atomic mass is 10.2. The van der Waals surface area contributed by atoms with Crippen LogP contribution in [0.1, 0.15) is 25.7 Å². The van der Waals surface area contributed by atoms with Crippen LogP contribution >= 0.6 is 15.9 Å². The Morgan fingerprint density at radius 2 is 1.87 bits per heavy atom. The van der Waals surface area contributed by atoms with Crippen molar-refractivity contribution in [2.75, 3.05) is 13.2 Å². The first-order valence-electron chi connectivity index (χ1n) is 4.87. The third-order valence-corrected chi connectivity index (χ3v) is 2.57. The lowest BCUT2D eigenvalue weighted by Gasteiger charge is -2.18. The van der Waals surface area contributed by atoms with Crippen LogP contribution in [0.5, 0.6) is 0 Å². The molecule has 1 aromatic rings. The van der Waals surface area contributed by atoms with Crippen molar-refractivity contribution in [1.29, 1.82) is 0 Å².